The van der Waals surface area contributed by atoms with E-state index in [0.29, 0.717) is 11.1 Å². The summed E-state index contributed by atoms with van der Waals surface area (Å²) >= 11 is 0. The van der Waals surface area contributed by atoms with Crippen LogP contribution < -0.4 is 10.6 Å². The second-order valence-electron chi connectivity index (χ2n) is 13.9. The maximum atomic E-state index is 14.0. The summed E-state index contributed by atoms with van der Waals surface area (Å²) in [6.45, 7) is 14.6. The van der Waals surface area contributed by atoms with E-state index in [2.05, 4.69) is 10.6 Å². The van der Waals surface area contributed by atoms with Crippen molar-refractivity contribution in [2.75, 3.05) is 13.2 Å². The number of hydrogen-bond donors (Lipinski definition) is 2. The Hall–Kier alpha value is -4.72. The molecule has 2 atom stereocenters. The monoisotopic (exact) mass is 624 g/mol. The normalized spacial score (nSPS) is 13.1. The number of carbonyl (C=O) groups excluding carboxylic acids is 4. The second-order valence-corrected chi connectivity index (χ2v) is 13.9. The molecule has 0 aromatic heterocycles. The third-order valence-electron chi connectivity index (χ3n) is 8.16. The number of fused-ring (bicyclic) bond motifs is 2. The third kappa shape index (κ3) is 7.91. The van der Waals surface area contributed by atoms with Crippen LogP contribution in [-0.2, 0) is 19.1 Å². The molecule has 8 heteroatoms. The highest BCUT2D eigenvalue weighted by molar-refractivity contribution is 6.17. The van der Waals surface area contributed by atoms with Gasteiger partial charge in [-0.25, -0.2) is 9.59 Å². The number of ether oxygens (including phenoxy) is 2. The molecule has 0 radical (unpaired) electrons. The maximum Gasteiger partial charge on any atom is 0.338 e. The van der Waals surface area contributed by atoms with E-state index in [1.165, 1.54) is 13.8 Å². The van der Waals surface area contributed by atoms with Crippen molar-refractivity contribution in [3.8, 4) is 11.1 Å². The molecule has 0 aliphatic heterocycles. The summed E-state index contributed by atoms with van der Waals surface area (Å²) in [6, 6.07) is 21.6. The summed E-state index contributed by atoms with van der Waals surface area (Å²) < 4.78 is 11.8. The summed E-state index contributed by atoms with van der Waals surface area (Å²) in [5, 5.41) is 9.08. The first-order valence-electron chi connectivity index (χ1n) is 15.5. The zero-order valence-corrected chi connectivity index (χ0v) is 27.9. The van der Waals surface area contributed by atoms with Gasteiger partial charge in [-0.1, -0.05) is 102 Å². The van der Waals surface area contributed by atoms with Crippen molar-refractivity contribution in [3.63, 3.8) is 0 Å². The van der Waals surface area contributed by atoms with Crippen molar-refractivity contribution >= 4 is 45.3 Å². The average molecular weight is 625 g/mol. The Morgan fingerprint density at radius 2 is 0.913 bits per heavy atom. The molecular weight excluding hydrogens is 580 g/mol. The largest absolute Gasteiger partial charge is 0.460 e. The van der Waals surface area contributed by atoms with Crippen LogP contribution in [0.1, 0.15) is 76.1 Å². The Balaban J connectivity index is 1.86. The molecular formula is C38H44N2O6. The van der Waals surface area contributed by atoms with Gasteiger partial charge in [-0.15, -0.1) is 0 Å². The fourth-order valence-electron chi connectivity index (χ4n) is 5.40. The van der Waals surface area contributed by atoms with E-state index in [0.717, 1.165) is 21.5 Å². The van der Waals surface area contributed by atoms with Gasteiger partial charge in [0.25, 0.3) is 0 Å². The summed E-state index contributed by atoms with van der Waals surface area (Å²) in [5.74, 6) is -1.58. The van der Waals surface area contributed by atoms with Gasteiger partial charge in [0, 0.05) is 25.0 Å². The molecule has 4 rings (SSSR count). The highest BCUT2D eigenvalue weighted by Gasteiger charge is 2.30. The molecule has 0 spiro atoms. The molecule has 0 fully saturated rings. The number of carbonyl (C=O) groups is 4. The van der Waals surface area contributed by atoms with Crippen LogP contribution >= 0.6 is 0 Å². The molecule has 8 nitrogen and oxygen atoms in total. The Labute approximate surface area is 270 Å². The lowest BCUT2D eigenvalue weighted by Crippen LogP contribution is -2.46. The Morgan fingerprint density at radius 3 is 1.24 bits per heavy atom. The van der Waals surface area contributed by atoms with Crippen LogP contribution in [0.2, 0.25) is 0 Å². The van der Waals surface area contributed by atoms with Crippen molar-refractivity contribution in [1.82, 2.24) is 10.6 Å². The first kappa shape index (κ1) is 34.2. The predicted molar refractivity (Wildman–Crippen MR) is 182 cm³/mol. The number of hydrogen-bond acceptors (Lipinski definition) is 6. The fourth-order valence-corrected chi connectivity index (χ4v) is 5.40. The average Bonchev–Trinajstić information content (AvgIpc) is 2.98. The molecule has 0 aliphatic carbocycles. The van der Waals surface area contributed by atoms with Crippen LogP contribution in [0.15, 0.2) is 72.8 Å². The minimum Gasteiger partial charge on any atom is -0.460 e. The van der Waals surface area contributed by atoms with E-state index in [-0.39, 0.29) is 47.0 Å². The molecule has 2 N–H and O–H groups in total. The molecule has 4 aromatic rings. The SMILES string of the molecule is CC(=O)N[C@H](COC(=O)c1ccc2ccccc2c1-c1c(C(=O)OC[C@@H](NC(C)=O)C(C)(C)C)ccc2ccccc12)C(C)(C)C. The van der Waals surface area contributed by atoms with Gasteiger partial charge in [0.1, 0.15) is 13.2 Å². The van der Waals surface area contributed by atoms with Gasteiger partial charge in [-0.2, -0.15) is 0 Å². The Kier molecular flexibility index (Phi) is 10.2. The van der Waals surface area contributed by atoms with E-state index in [1.54, 1.807) is 12.1 Å². The van der Waals surface area contributed by atoms with Crippen LogP contribution in [0.25, 0.3) is 32.7 Å². The summed E-state index contributed by atoms with van der Waals surface area (Å²) in [6.07, 6.45) is 0. The second kappa shape index (κ2) is 13.7. The molecule has 0 heterocycles. The number of benzene rings is 4. The highest BCUT2D eigenvalue weighted by Crippen LogP contribution is 2.40. The number of rotatable bonds is 9. The highest BCUT2D eigenvalue weighted by atomic mass is 16.5. The molecule has 0 bridgehead atoms. The Bertz CT molecular complexity index is 1650. The summed E-state index contributed by atoms with van der Waals surface area (Å²) in [5.41, 5.74) is 0.927. The predicted octanol–water partition coefficient (Wildman–Crippen LogP) is 7.08. The smallest absolute Gasteiger partial charge is 0.338 e. The van der Waals surface area contributed by atoms with Gasteiger partial charge >= 0.3 is 11.9 Å². The van der Waals surface area contributed by atoms with E-state index in [9.17, 15) is 19.2 Å². The first-order valence-corrected chi connectivity index (χ1v) is 15.5. The van der Waals surface area contributed by atoms with Crippen molar-refractivity contribution in [1.29, 1.82) is 0 Å². The van der Waals surface area contributed by atoms with Crippen LogP contribution in [-0.4, -0.2) is 49.1 Å². The van der Waals surface area contributed by atoms with Crippen molar-refractivity contribution in [3.05, 3.63) is 83.9 Å². The van der Waals surface area contributed by atoms with Gasteiger partial charge in [-0.05, 0) is 44.5 Å². The minimum atomic E-state index is -0.578. The fraction of sp³-hybridized carbons (Fsp3) is 0.368. The molecule has 2 amide bonds. The lowest BCUT2D eigenvalue weighted by Gasteiger charge is -2.31. The minimum absolute atomic E-state index is 0.0318. The van der Waals surface area contributed by atoms with Crippen molar-refractivity contribution < 1.29 is 28.7 Å². The molecule has 0 aliphatic rings. The van der Waals surface area contributed by atoms with Crippen LogP contribution in [0.5, 0.6) is 0 Å². The van der Waals surface area contributed by atoms with E-state index >= 15 is 0 Å². The maximum absolute atomic E-state index is 14.0. The van der Waals surface area contributed by atoms with Crippen LogP contribution in [0.3, 0.4) is 0 Å². The van der Waals surface area contributed by atoms with Crippen LogP contribution in [0, 0.1) is 10.8 Å². The van der Waals surface area contributed by atoms with Crippen molar-refractivity contribution in [2.45, 2.75) is 67.5 Å². The number of nitrogens with one attached hydrogen (secondary N) is 2. The number of esters is 2. The summed E-state index contributed by atoms with van der Waals surface area (Å²) in [7, 11) is 0. The quantitative estimate of drug-likeness (QED) is 0.193. The lowest BCUT2D eigenvalue weighted by atomic mass is 9.86. The molecule has 0 saturated heterocycles. The summed E-state index contributed by atoms with van der Waals surface area (Å²) in [4.78, 5) is 51.7. The van der Waals surface area contributed by atoms with Gasteiger partial charge in [0.05, 0.1) is 23.2 Å². The van der Waals surface area contributed by atoms with Crippen LogP contribution in [0.4, 0.5) is 0 Å². The van der Waals surface area contributed by atoms with Gasteiger partial charge in [0.2, 0.25) is 11.8 Å². The first-order chi connectivity index (χ1) is 21.6. The van der Waals surface area contributed by atoms with Gasteiger partial charge < -0.3 is 20.1 Å². The zero-order chi connectivity index (χ0) is 33.8. The molecule has 0 saturated carbocycles. The van der Waals surface area contributed by atoms with Crippen molar-refractivity contribution in [2.24, 2.45) is 10.8 Å². The molecule has 46 heavy (non-hydrogen) atoms. The van der Waals surface area contributed by atoms with E-state index < -0.39 is 24.0 Å². The van der Waals surface area contributed by atoms with E-state index in [4.69, 9.17) is 9.47 Å². The lowest BCUT2D eigenvalue weighted by molar-refractivity contribution is -0.121. The third-order valence-corrected chi connectivity index (χ3v) is 8.16. The topological polar surface area (TPSA) is 111 Å². The Morgan fingerprint density at radius 1 is 0.565 bits per heavy atom. The molecule has 4 aromatic carbocycles. The standard InChI is InChI=1S/C38H44N2O6/c1-23(41)39-31(37(3,4)5)21-45-35(43)29-19-17-25-13-9-11-15-27(25)33(29)34-28-16-12-10-14-26(28)18-20-30(34)36(44)46-22-32(38(6,7)8)40-24(2)42/h9-20,31-32H,21-22H2,1-8H3,(H,39,41)(H,40,42)/t31-,32-/m1/s1. The van der Waals surface area contributed by atoms with Gasteiger partial charge in [-0.3, -0.25) is 9.59 Å². The van der Waals surface area contributed by atoms with Gasteiger partial charge in [0.15, 0.2) is 0 Å². The number of amides is 2. The molecule has 242 valence electrons. The molecule has 0 unspecified atom stereocenters. The zero-order valence-electron chi connectivity index (χ0n) is 27.9. The van der Waals surface area contributed by atoms with E-state index in [1.807, 2.05) is 102 Å².